The predicted molar refractivity (Wildman–Crippen MR) is 79.9 cm³/mol. The van der Waals surface area contributed by atoms with Crippen LogP contribution in [0.3, 0.4) is 0 Å². The number of hydrogen-bond donors (Lipinski definition) is 0. The van der Waals surface area contributed by atoms with Crippen molar-refractivity contribution in [3.05, 3.63) is 53.8 Å². The van der Waals surface area contributed by atoms with E-state index in [9.17, 15) is 4.39 Å². The molecule has 21 heavy (non-hydrogen) atoms. The molecule has 0 heterocycles. The molecule has 0 fully saturated rings. The molecular formula is C16H16ClFO3. The molecular weight excluding hydrogens is 295 g/mol. The molecule has 112 valence electrons. The molecule has 0 spiro atoms. The van der Waals surface area contributed by atoms with Crippen molar-refractivity contribution >= 4 is 11.6 Å². The average Bonchev–Trinajstić information content (AvgIpc) is 2.53. The third-order valence-electron chi connectivity index (χ3n) is 2.82. The molecule has 0 saturated carbocycles. The van der Waals surface area contributed by atoms with E-state index in [-0.39, 0.29) is 24.8 Å². The number of benzene rings is 2. The number of alkyl halides is 1. The molecule has 3 nitrogen and oxygen atoms in total. The van der Waals surface area contributed by atoms with Crippen molar-refractivity contribution in [2.24, 2.45) is 0 Å². The lowest BCUT2D eigenvalue weighted by atomic mass is 10.2. The molecule has 0 atom stereocenters. The maximum absolute atomic E-state index is 13.7. The van der Waals surface area contributed by atoms with Gasteiger partial charge in [0, 0.05) is 5.88 Å². The number of rotatable bonds is 7. The first-order valence-electron chi connectivity index (χ1n) is 6.47. The summed E-state index contributed by atoms with van der Waals surface area (Å²) >= 11 is 5.64. The van der Waals surface area contributed by atoms with Crippen LogP contribution in [-0.4, -0.2) is 20.3 Å². The van der Waals surface area contributed by atoms with Crippen molar-refractivity contribution in [1.29, 1.82) is 0 Å². The highest BCUT2D eigenvalue weighted by Crippen LogP contribution is 2.25. The van der Waals surface area contributed by atoms with Crippen LogP contribution in [0.5, 0.6) is 17.2 Å². The van der Waals surface area contributed by atoms with Crippen LogP contribution in [0, 0.1) is 5.82 Å². The van der Waals surface area contributed by atoms with Gasteiger partial charge in [-0.2, -0.15) is 0 Å². The zero-order valence-corrected chi connectivity index (χ0v) is 12.4. The highest BCUT2D eigenvalue weighted by molar-refractivity contribution is 6.17. The van der Waals surface area contributed by atoms with Crippen molar-refractivity contribution in [2.75, 3.05) is 20.3 Å². The monoisotopic (exact) mass is 310 g/mol. The second kappa shape index (κ2) is 7.74. The zero-order chi connectivity index (χ0) is 15.1. The van der Waals surface area contributed by atoms with Crippen LogP contribution in [0.2, 0.25) is 0 Å². The van der Waals surface area contributed by atoms with Crippen LogP contribution >= 0.6 is 11.6 Å². The van der Waals surface area contributed by atoms with Gasteiger partial charge in [-0.15, -0.1) is 11.6 Å². The van der Waals surface area contributed by atoms with Gasteiger partial charge in [0.2, 0.25) is 0 Å². The molecule has 0 aliphatic heterocycles. The van der Waals surface area contributed by atoms with Crippen LogP contribution in [0.1, 0.15) is 5.56 Å². The van der Waals surface area contributed by atoms with E-state index >= 15 is 0 Å². The van der Waals surface area contributed by atoms with E-state index in [2.05, 4.69) is 0 Å². The van der Waals surface area contributed by atoms with E-state index in [1.165, 1.54) is 6.07 Å². The molecule has 2 aromatic carbocycles. The molecule has 0 aliphatic rings. The molecule has 0 aliphatic carbocycles. The standard InChI is InChI=1S/C16H16ClFO3/c1-19-15-4-2-3-5-16(15)21-9-8-20-14-7-6-12(11-17)10-13(14)18/h2-7,10H,8-9,11H2,1H3. The lowest BCUT2D eigenvalue weighted by Crippen LogP contribution is -2.10. The van der Waals surface area contributed by atoms with Crippen LogP contribution < -0.4 is 14.2 Å². The summed E-state index contributed by atoms with van der Waals surface area (Å²) < 4.78 is 29.7. The SMILES string of the molecule is COc1ccccc1OCCOc1ccc(CCl)cc1F. The van der Waals surface area contributed by atoms with E-state index in [0.29, 0.717) is 17.1 Å². The summed E-state index contributed by atoms with van der Waals surface area (Å²) in [6.07, 6.45) is 0. The number of halogens is 2. The van der Waals surface area contributed by atoms with Gasteiger partial charge in [-0.25, -0.2) is 4.39 Å². The van der Waals surface area contributed by atoms with Crippen molar-refractivity contribution < 1.29 is 18.6 Å². The summed E-state index contributed by atoms with van der Waals surface area (Å²) in [4.78, 5) is 0. The predicted octanol–water partition coefficient (Wildman–Crippen LogP) is 4.03. The second-order valence-electron chi connectivity index (χ2n) is 4.25. The number of hydrogen-bond acceptors (Lipinski definition) is 3. The van der Waals surface area contributed by atoms with Crippen molar-refractivity contribution in [2.45, 2.75) is 5.88 Å². The summed E-state index contributed by atoms with van der Waals surface area (Å²) in [7, 11) is 1.58. The van der Waals surface area contributed by atoms with Gasteiger partial charge in [0.15, 0.2) is 23.1 Å². The lowest BCUT2D eigenvalue weighted by Gasteiger charge is -2.11. The minimum absolute atomic E-state index is 0.187. The fraction of sp³-hybridized carbons (Fsp3) is 0.250. The fourth-order valence-electron chi connectivity index (χ4n) is 1.79. The molecule has 2 aromatic rings. The lowest BCUT2D eigenvalue weighted by molar-refractivity contribution is 0.206. The highest BCUT2D eigenvalue weighted by Gasteiger charge is 2.06. The first kappa shape index (κ1) is 15.4. The van der Waals surface area contributed by atoms with Gasteiger partial charge in [0.05, 0.1) is 7.11 Å². The molecule has 2 rings (SSSR count). The van der Waals surface area contributed by atoms with Gasteiger partial charge in [-0.05, 0) is 29.8 Å². The molecule has 0 unspecified atom stereocenters. The maximum Gasteiger partial charge on any atom is 0.165 e. The van der Waals surface area contributed by atoms with Gasteiger partial charge in [-0.1, -0.05) is 18.2 Å². The topological polar surface area (TPSA) is 27.7 Å². The van der Waals surface area contributed by atoms with Gasteiger partial charge >= 0.3 is 0 Å². The summed E-state index contributed by atoms with van der Waals surface area (Å²) in [5.41, 5.74) is 0.715. The Kier molecular flexibility index (Phi) is 5.69. The Morgan fingerprint density at radius 3 is 2.24 bits per heavy atom. The number of methoxy groups -OCH3 is 1. The number of ether oxygens (including phenoxy) is 3. The second-order valence-corrected chi connectivity index (χ2v) is 4.51. The molecule has 5 heteroatoms. The summed E-state index contributed by atoms with van der Waals surface area (Å²) in [5.74, 6) is 1.31. The minimum atomic E-state index is -0.426. The van der Waals surface area contributed by atoms with Gasteiger partial charge in [-0.3, -0.25) is 0 Å². The van der Waals surface area contributed by atoms with Gasteiger partial charge in [0.1, 0.15) is 13.2 Å². The van der Waals surface area contributed by atoms with E-state index in [1.54, 1.807) is 31.4 Å². The normalized spacial score (nSPS) is 10.2. The Morgan fingerprint density at radius 2 is 1.62 bits per heavy atom. The molecule has 0 aromatic heterocycles. The summed E-state index contributed by atoms with van der Waals surface area (Å²) in [6.45, 7) is 0.520. The maximum atomic E-state index is 13.7. The van der Waals surface area contributed by atoms with Gasteiger partial charge < -0.3 is 14.2 Å². The minimum Gasteiger partial charge on any atom is -0.493 e. The Labute approximate surface area is 128 Å². The van der Waals surface area contributed by atoms with Crippen molar-refractivity contribution in [1.82, 2.24) is 0 Å². The first-order valence-corrected chi connectivity index (χ1v) is 7.01. The van der Waals surface area contributed by atoms with E-state index in [0.717, 1.165) is 0 Å². The average molecular weight is 311 g/mol. The fourth-order valence-corrected chi connectivity index (χ4v) is 1.95. The van der Waals surface area contributed by atoms with E-state index in [1.807, 2.05) is 12.1 Å². The smallest absolute Gasteiger partial charge is 0.165 e. The van der Waals surface area contributed by atoms with Crippen molar-refractivity contribution in [3.63, 3.8) is 0 Å². The Morgan fingerprint density at radius 1 is 0.952 bits per heavy atom. The number of para-hydroxylation sites is 2. The summed E-state index contributed by atoms with van der Waals surface area (Å²) in [6, 6.07) is 12.0. The van der Waals surface area contributed by atoms with Crippen LogP contribution in [0.15, 0.2) is 42.5 Å². The zero-order valence-electron chi connectivity index (χ0n) is 11.6. The van der Waals surface area contributed by atoms with Crippen LogP contribution in [-0.2, 0) is 5.88 Å². The first-order chi connectivity index (χ1) is 10.2. The third-order valence-corrected chi connectivity index (χ3v) is 3.13. The quantitative estimate of drug-likeness (QED) is 0.571. The van der Waals surface area contributed by atoms with E-state index in [4.69, 9.17) is 25.8 Å². The Bertz CT molecular complexity index is 589. The largest absolute Gasteiger partial charge is 0.493 e. The molecule has 0 N–H and O–H groups in total. The van der Waals surface area contributed by atoms with Crippen molar-refractivity contribution in [3.8, 4) is 17.2 Å². The third kappa shape index (κ3) is 4.26. The molecule has 0 saturated heterocycles. The van der Waals surface area contributed by atoms with Gasteiger partial charge in [0.25, 0.3) is 0 Å². The molecule has 0 radical (unpaired) electrons. The Balaban J connectivity index is 1.85. The highest BCUT2D eigenvalue weighted by atomic mass is 35.5. The van der Waals surface area contributed by atoms with Crippen LogP contribution in [0.4, 0.5) is 4.39 Å². The van der Waals surface area contributed by atoms with Crippen LogP contribution in [0.25, 0.3) is 0 Å². The Hall–Kier alpha value is -1.94. The summed E-state index contributed by atoms with van der Waals surface area (Å²) in [5, 5.41) is 0. The van der Waals surface area contributed by atoms with E-state index < -0.39 is 5.82 Å². The molecule has 0 amide bonds. The molecule has 0 bridgehead atoms.